The van der Waals surface area contributed by atoms with Crippen LogP contribution in [0.5, 0.6) is 0 Å². The van der Waals surface area contributed by atoms with Gasteiger partial charge in [-0.3, -0.25) is 9.98 Å². The molecule has 0 saturated heterocycles. The lowest BCUT2D eigenvalue weighted by Gasteiger charge is -2.16. The molecule has 0 aromatic carbocycles. The third-order valence-corrected chi connectivity index (χ3v) is 4.24. The first kappa shape index (κ1) is 18.8. The number of alkyl halides is 1. The molecule has 7 nitrogen and oxygen atoms in total. The first-order valence-electron chi connectivity index (χ1n) is 6.66. The summed E-state index contributed by atoms with van der Waals surface area (Å²) in [5.74, 6) is 1.13. The fourth-order valence-corrected chi connectivity index (χ4v) is 2.30. The summed E-state index contributed by atoms with van der Waals surface area (Å²) >= 11 is 2.83. The maximum Gasteiger partial charge on any atom is 0.183 e. The molecule has 1 aromatic heterocycles. The molecule has 0 radical (unpaired) electrons. The van der Waals surface area contributed by atoms with Crippen LogP contribution in [-0.4, -0.2) is 59.1 Å². The molecule has 22 heavy (non-hydrogen) atoms. The van der Waals surface area contributed by atoms with E-state index in [9.17, 15) is 4.39 Å². The zero-order valence-corrected chi connectivity index (χ0v) is 14.7. The second-order valence-corrected chi connectivity index (χ2v) is 6.28. The topological polar surface area (TPSA) is 102 Å². The van der Waals surface area contributed by atoms with Crippen molar-refractivity contribution in [3.05, 3.63) is 5.69 Å². The van der Waals surface area contributed by atoms with Gasteiger partial charge in [0.25, 0.3) is 0 Å². The number of aromatic nitrogens is 2. The molecular formula is C12H21FN6OS2. The van der Waals surface area contributed by atoms with Crippen LogP contribution in [0.2, 0.25) is 0 Å². The van der Waals surface area contributed by atoms with Crippen molar-refractivity contribution in [2.45, 2.75) is 31.1 Å². The number of hydrogen-bond donors (Lipinski definition) is 2. The molecule has 3 N–H and O–H groups in total. The van der Waals surface area contributed by atoms with Gasteiger partial charge in [0.1, 0.15) is 6.17 Å². The summed E-state index contributed by atoms with van der Waals surface area (Å²) in [6.45, 7) is 3.78. The smallest absolute Gasteiger partial charge is 0.183 e. The van der Waals surface area contributed by atoms with Crippen molar-refractivity contribution in [3.8, 4) is 0 Å². The first-order valence-corrected chi connectivity index (χ1v) is 8.87. The van der Waals surface area contributed by atoms with E-state index in [-0.39, 0.29) is 6.04 Å². The average molecular weight is 348 g/mol. The van der Waals surface area contributed by atoms with Gasteiger partial charge in [0.05, 0.1) is 12.6 Å². The van der Waals surface area contributed by atoms with E-state index in [1.165, 1.54) is 30.4 Å². The van der Waals surface area contributed by atoms with Crippen molar-refractivity contribution < 1.29 is 9.02 Å². The first-order chi connectivity index (χ1) is 10.5. The van der Waals surface area contributed by atoms with E-state index in [4.69, 9.17) is 10.4 Å². The van der Waals surface area contributed by atoms with E-state index in [1.807, 2.05) is 6.26 Å². The predicted molar refractivity (Wildman–Crippen MR) is 90.7 cm³/mol. The van der Waals surface area contributed by atoms with Gasteiger partial charge in [-0.05, 0) is 30.4 Å². The average Bonchev–Trinajstić information content (AvgIpc) is 2.96. The Morgan fingerprint density at radius 1 is 1.45 bits per heavy atom. The molecule has 0 fully saturated rings. The molecule has 0 saturated carbocycles. The van der Waals surface area contributed by atoms with E-state index in [0.29, 0.717) is 34.0 Å². The van der Waals surface area contributed by atoms with Gasteiger partial charge in [-0.25, -0.2) is 9.02 Å². The highest BCUT2D eigenvalue weighted by Crippen LogP contribution is 2.19. The molecule has 0 aliphatic carbocycles. The van der Waals surface area contributed by atoms with E-state index in [2.05, 4.69) is 25.6 Å². The Bertz CT molecular complexity index is 519. The zero-order valence-electron chi connectivity index (χ0n) is 13.0. The highest BCUT2D eigenvalue weighted by molar-refractivity contribution is 8.13. The lowest BCUT2D eigenvalue weighted by Crippen LogP contribution is -2.39. The fourth-order valence-electron chi connectivity index (χ4n) is 1.35. The lowest BCUT2D eigenvalue weighted by molar-refractivity contribution is 0.296. The largest absolute Gasteiger partial charge is 0.379 e. The van der Waals surface area contributed by atoms with E-state index < -0.39 is 6.17 Å². The van der Waals surface area contributed by atoms with E-state index in [0.717, 1.165) is 0 Å². The minimum atomic E-state index is -1.02. The van der Waals surface area contributed by atoms with Crippen molar-refractivity contribution in [2.24, 2.45) is 15.7 Å². The molecule has 1 unspecified atom stereocenters. The van der Waals surface area contributed by atoms with Gasteiger partial charge in [0.15, 0.2) is 21.7 Å². The number of nitrogens with one attached hydrogen (secondary N) is 1. The Balaban J connectivity index is 2.67. The van der Waals surface area contributed by atoms with Gasteiger partial charge in [-0.15, -0.1) is 0 Å². The number of rotatable bonds is 7. The maximum absolute atomic E-state index is 13.3. The molecule has 0 spiro atoms. The van der Waals surface area contributed by atoms with Crippen LogP contribution in [0.4, 0.5) is 4.39 Å². The predicted octanol–water partition coefficient (Wildman–Crippen LogP) is 1.55. The lowest BCUT2D eigenvalue weighted by atomic mass is 10.2. The van der Waals surface area contributed by atoms with E-state index >= 15 is 0 Å². The number of halogens is 1. The van der Waals surface area contributed by atoms with Crippen LogP contribution in [-0.2, 0) is 0 Å². The third kappa shape index (κ3) is 5.84. The summed E-state index contributed by atoms with van der Waals surface area (Å²) in [5, 5.41) is 11.8. The summed E-state index contributed by atoms with van der Waals surface area (Å²) in [7, 11) is 1.60. The summed E-state index contributed by atoms with van der Waals surface area (Å²) in [5.41, 5.74) is 6.08. The monoisotopic (exact) mass is 348 g/mol. The molecule has 0 bridgehead atoms. The van der Waals surface area contributed by atoms with Crippen LogP contribution in [0.15, 0.2) is 19.6 Å². The molecule has 0 aliphatic rings. The van der Waals surface area contributed by atoms with E-state index in [1.54, 1.807) is 14.0 Å². The van der Waals surface area contributed by atoms with Gasteiger partial charge in [-0.2, -0.15) is 0 Å². The fraction of sp³-hybridized carbons (Fsp3) is 0.667. The standard InChI is InChI=1S/C12H21FN6OS2/c1-7(13)8(2)17-10(15-3)9-11(19-20-18-9)22-6-5-16-12(14)21-4/h7-8H,5-6H2,1-4H3,(H2,14,16)(H,15,17)/t7-,8?/m0/s1. The van der Waals surface area contributed by atoms with Crippen LogP contribution in [0, 0.1) is 0 Å². The Kier molecular flexibility index (Phi) is 8.25. The van der Waals surface area contributed by atoms with Crippen molar-refractivity contribution in [1.82, 2.24) is 15.6 Å². The number of thioether (sulfide) groups is 2. The van der Waals surface area contributed by atoms with Gasteiger partial charge >= 0.3 is 0 Å². The molecular weight excluding hydrogens is 327 g/mol. The van der Waals surface area contributed by atoms with Gasteiger partial charge < -0.3 is 11.1 Å². The van der Waals surface area contributed by atoms with Crippen LogP contribution < -0.4 is 11.1 Å². The number of amidine groups is 2. The number of aliphatic imine (C=N–C) groups is 2. The number of nitrogens with zero attached hydrogens (tertiary/aromatic N) is 4. The maximum atomic E-state index is 13.3. The summed E-state index contributed by atoms with van der Waals surface area (Å²) < 4.78 is 18.1. The van der Waals surface area contributed by atoms with Crippen LogP contribution in [0.1, 0.15) is 19.5 Å². The normalized spacial score (nSPS) is 15.7. The molecule has 124 valence electrons. The summed E-state index contributed by atoms with van der Waals surface area (Å²) in [6.07, 6.45) is 0.852. The van der Waals surface area contributed by atoms with Gasteiger partial charge in [0.2, 0.25) is 0 Å². The molecule has 0 aliphatic heterocycles. The van der Waals surface area contributed by atoms with Crippen LogP contribution >= 0.6 is 23.5 Å². The number of hydrogen-bond acceptors (Lipinski definition) is 7. The second kappa shape index (κ2) is 9.67. The van der Waals surface area contributed by atoms with Crippen LogP contribution in [0.3, 0.4) is 0 Å². The van der Waals surface area contributed by atoms with Crippen LogP contribution in [0.25, 0.3) is 0 Å². The SMILES string of the molecule is CN=C(NC(C)[C@H](C)F)c1nonc1SCCN=C(N)SC. The number of nitrogens with two attached hydrogens (primary N) is 1. The quantitative estimate of drug-likeness (QED) is 0.333. The molecule has 0 amide bonds. The zero-order chi connectivity index (χ0) is 16.5. The Morgan fingerprint density at radius 3 is 2.77 bits per heavy atom. The van der Waals surface area contributed by atoms with Crippen molar-refractivity contribution in [3.63, 3.8) is 0 Å². The minimum Gasteiger partial charge on any atom is -0.379 e. The molecule has 1 rings (SSSR count). The van der Waals surface area contributed by atoms with Crippen molar-refractivity contribution in [1.29, 1.82) is 0 Å². The molecule has 2 atom stereocenters. The molecule has 1 heterocycles. The highest BCUT2D eigenvalue weighted by Gasteiger charge is 2.20. The van der Waals surface area contributed by atoms with Gasteiger partial charge in [-0.1, -0.05) is 23.5 Å². The summed E-state index contributed by atoms with van der Waals surface area (Å²) in [4.78, 5) is 8.27. The summed E-state index contributed by atoms with van der Waals surface area (Å²) in [6, 6.07) is -0.390. The Morgan fingerprint density at radius 2 is 2.18 bits per heavy atom. The molecule has 1 aromatic rings. The highest BCUT2D eigenvalue weighted by atomic mass is 32.2. The molecule has 10 heteroatoms. The van der Waals surface area contributed by atoms with Crippen molar-refractivity contribution in [2.75, 3.05) is 25.6 Å². The van der Waals surface area contributed by atoms with Gasteiger partial charge in [0, 0.05) is 12.8 Å². The Labute approximate surface area is 137 Å². The van der Waals surface area contributed by atoms with Crippen molar-refractivity contribution >= 4 is 34.5 Å². The Hall–Kier alpha value is -1.29. The minimum absolute atomic E-state index is 0.390. The third-order valence-electron chi connectivity index (χ3n) is 2.77. The second-order valence-electron chi connectivity index (χ2n) is 4.37.